The zero-order valence-corrected chi connectivity index (χ0v) is 12.8. The lowest BCUT2D eigenvalue weighted by atomic mass is 9.73. The highest BCUT2D eigenvalue weighted by molar-refractivity contribution is 5.82. The maximum atomic E-state index is 12.0. The zero-order chi connectivity index (χ0) is 14.0. The molecule has 0 aromatic carbocycles. The largest absolute Gasteiger partial charge is 0.390 e. The molecule has 0 heterocycles. The van der Waals surface area contributed by atoms with Gasteiger partial charge in [0.1, 0.15) is 5.78 Å². The SMILES string of the molecule is C[C@H](CCCC(C)(C)O)C1CC[C@H]2C(=O)CCC[C@H]12. The fraction of sp³-hybridized carbons (Fsp3) is 0.941. The van der Waals surface area contributed by atoms with Crippen molar-refractivity contribution in [1.29, 1.82) is 0 Å². The number of ketones is 1. The van der Waals surface area contributed by atoms with E-state index in [-0.39, 0.29) is 0 Å². The van der Waals surface area contributed by atoms with E-state index in [0.29, 0.717) is 23.5 Å². The Bertz CT molecular complexity index is 316. The second-order valence-corrected chi connectivity index (χ2v) is 7.55. The molecule has 0 amide bonds. The molecule has 0 aliphatic heterocycles. The quantitative estimate of drug-likeness (QED) is 0.818. The Morgan fingerprint density at radius 3 is 2.74 bits per heavy atom. The Labute approximate surface area is 118 Å². The summed E-state index contributed by atoms with van der Waals surface area (Å²) in [6.45, 7) is 6.14. The highest BCUT2D eigenvalue weighted by atomic mass is 16.3. The second-order valence-electron chi connectivity index (χ2n) is 7.55. The molecule has 2 aliphatic carbocycles. The Morgan fingerprint density at radius 2 is 2.05 bits per heavy atom. The van der Waals surface area contributed by atoms with Crippen LogP contribution in [0.2, 0.25) is 0 Å². The smallest absolute Gasteiger partial charge is 0.136 e. The fourth-order valence-corrected chi connectivity index (χ4v) is 4.39. The normalized spacial score (nSPS) is 33.3. The first-order valence-corrected chi connectivity index (χ1v) is 8.13. The third-order valence-electron chi connectivity index (χ3n) is 5.43. The van der Waals surface area contributed by atoms with E-state index in [1.807, 2.05) is 13.8 Å². The summed E-state index contributed by atoms with van der Waals surface area (Å²) in [7, 11) is 0. The van der Waals surface area contributed by atoms with Crippen LogP contribution >= 0.6 is 0 Å². The molecule has 110 valence electrons. The van der Waals surface area contributed by atoms with Gasteiger partial charge in [0.05, 0.1) is 5.60 Å². The maximum Gasteiger partial charge on any atom is 0.136 e. The molecule has 2 fully saturated rings. The Kier molecular flexibility index (Phi) is 4.70. The van der Waals surface area contributed by atoms with E-state index < -0.39 is 5.60 Å². The molecule has 0 saturated heterocycles. The van der Waals surface area contributed by atoms with E-state index in [4.69, 9.17) is 0 Å². The molecule has 0 aromatic heterocycles. The van der Waals surface area contributed by atoms with Crippen molar-refractivity contribution < 1.29 is 9.90 Å². The van der Waals surface area contributed by atoms with Crippen molar-refractivity contribution in [3.63, 3.8) is 0 Å². The van der Waals surface area contributed by atoms with E-state index in [1.54, 1.807) is 0 Å². The van der Waals surface area contributed by atoms with Gasteiger partial charge >= 0.3 is 0 Å². The molecular formula is C17H30O2. The Hall–Kier alpha value is -0.370. The monoisotopic (exact) mass is 266 g/mol. The minimum atomic E-state index is -0.529. The molecule has 1 unspecified atom stereocenters. The van der Waals surface area contributed by atoms with Crippen molar-refractivity contribution in [2.24, 2.45) is 23.7 Å². The van der Waals surface area contributed by atoms with E-state index in [2.05, 4.69) is 6.92 Å². The summed E-state index contributed by atoms with van der Waals surface area (Å²) in [5.41, 5.74) is -0.529. The third kappa shape index (κ3) is 3.81. The van der Waals surface area contributed by atoms with E-state index >= 15 is 0 Å². The third-order valence-corrected chi connectivity index (χ3v) is 5.43. The molecule has 0 bridgehead atoms. The lowest BCUT2D eigenvalue weighted by molar-refractivity contribution is -0.126. The predicted octanol–water partition coefficient (Wildman–Crippen LogP) is 3.96. The Morgan fingerprint density at radius 1 is 1.32 bits per heavy atom. The van der Waals surface area contributed by atoms with Crippen LogP contribution in [0.1, 0.15) is 72.1 Å². The summed E-state index contributed by atoms with van der Waals surface area (Å²) >= 11 is 0. The van der Waals surface area contributed by atoms with Crippen LogP contribution in [-0.2, 0) is 4.79 Å². The van der Waals surface area contributed by atoms with Crippen LogP contribution in [0.15, 0.2) is 0 Å². The van der Waals surface area contributed by atoms with Gasteiger partial charge in [-0.2, -0.15) is 0 Å². The lowest BCUT2D eigenvalue weighted by Gasteiger charge is -2.32. The van der Waals surface area contributed by atoms with Gasteiger partial charge in [0.2, 0.25) is 0 Å². The molecule has 2 rings (SSSR count). The van der Waals surface area contributed by atoms with Crippen LogP contribution in [0.3, 0.4) is 0 Å². The van der Waals surface area contributed by atoms with Gasteiger partial charge in [-0.05, 0) is 63.7 Å². The topological polar surface area (TPSA) is 37.3 Å². The summed E-state index contributed by atoms with van der Waals surface area (Å²) in [4.78, 5) is 12.0. The van der Waals surface area contributed by atoms with Crippen LogP contribution in [0.25, 0.3) is 0 Å². The highest BCUT2D eigenvalue weighted by Crippen LogP contribution is 2.48. The molecule has 1 N–H and O–H groups in total. The van der Waals surface area contributed by atoms with Crippen molar-refractivity contribution >= 4 is 5.78 Å². The molecular weight excluding hydrogens is 236 g/mol. The molecule has 0 radical (unpaired) electrons. The first kappa shape index (κ1) is 15.0. The van der Waals surface area contributed by atoms with Gasteiger partial charge in [0.15, 0.2) is 0 Å². The molecule has 19 heavy (non-hydrogen) atoms. The van der Waals surface area contributed by atoms with Gasteiger partial charge in [-0.3, -0.25) is 4.79 Å². The van der Waals surface area contributed by atoms with Gasteiger partial charge in [-0.1, -0.05) is 19.8 Å². The van der Waals surface area contributed by atoms with Crippen molar-refractivity contribution in [3.8, 4) is 0 Å². The predicted molar refractivity (Wildman–Crippen MR) is 77.9 cm³/mol. The van der Waals surface area contributed by atoms with Crippen LogP contribution in [0.4, 0.5) is 0 Å². The number of aliphatic hydroxyl groups is 1. The number of carbonyl (C=O) groups is 1. The van der Waals surface area contributed by atoms with Crippen LogP contribution < -0.4 is 0 Å². The summed E-state index contributed by atoms with van der Waals surface area (Å²) in [5.74, 6) is 3.09. The van der Waals surface area contributed by atoms with Gasteiger partial charge < -0.3 is 5.11 Å². The highest BCUT2D eigenvalue weighted by Gasteiger charge is 2.43. The van der Waals surface area contributed by atoms with Gasteiger partial charge in [-0.15, -0.1) is 0 Å². The summed E-state index contributed by atoms with van der Waals surface area (Å²) in [6.07, 6.45) is 8.81. The van der Waals surface area contributed by atoms with Crippen LogP contribution in [-0.4, -0.2) is 16.5 Å². The molecule has 0 spiro atoms. The first-order valence-electron chi connectivity index (χ1n) is 8.13. The molecule has 4 atom stereocenters. The van der Waals surface area contributed by atoms with E-state index in [9.17, 15) is 9.90 Å². The summed E-state index contributed by atoms with van der Waals surface area (Å²) in [5, 5.41) is 9.77. The molecule has 2 heteroatoms. The van der Waals surface area contributed by atoms with Gasteiger partial charge in [0, 0.05) is 12.3 Å². The minimum absolute atomic E-state index is 0.399. The minimum Gasteiger partial charge on any atom is -0.390 e. The first-order chi connectivity index (χ1) is 8.88. The van der Waals surface area contributed by atoms with Crippen molar-refractivity contribution in [1.82, 2.24) is 0 Å². The number of rotatable bonds is 5. The second kappa shape index (κ2) is 5.95. The number of hydrogen-bond acceptors (Lipinski definition) is 2. The van der Waals surface area contributed by atoms with Gasteiger partial charge in [-0.25, -0.2) is 0 Å². The average molecular weight is 266 g/mol. The van der Waals surface area contributed by atoms with Crippen LogP contribution in [0.5, 0.6) is 0 Å². The number of Topliss-reactive ketones (excluding diaryl/α,β-unsaturated/α-hetero) is 1. The standard InChI is InChI=1S/C17H30O2/c1-12(6-5-11-17(2,3)19)13-9-10-15-14(13)7-4-8-16(15)18/h12-15,19H,4-11H2,1-3H3/t12-,13?,14-,15-/m1/s1. The summed E-state index contributed by atoms with van der Waals surface area (Å²) in [6, 6.07) is 0. The maximum absolute atomic E-state index is 12.0. The number of carbonyl (C=O) groups excluding carboxylic acids is 1. The number of hydrogen-bond donors (Lipinski definition) is 1. The van der Waals surface area contributed by atoms with E-state index in [0.717, 1.165) is 38.0 Å². The zero-order valence-electron chi connectivity index (χ0n) is 12.8. The van der Waals surface area contributed by atoms with Crippen molar-refractivity contribution in [2.75, 3.05) is 0 Å². The lowest BCUT2D eigenvalue weighted by Crippen LogP contribution is -2.29. The van der Waals surface area contributed by atoms with Crippen molar-refractivity contribution in [3.05, 3.63) is 0 Å². The molecule has 2 nitrogen and oxygen atoms in total. The molecule has 0 aromatic rings. The van der Waals surface area contributed by atoms with Crippen molar-refractivity contribution in [2.45, 2.75) is 77.7 Å². The summed E-state index contributed by atoms with van der Waals surface area (Å²) < 4.78 is 0. The molecule has 2 aliphatic rings. The average Bonchev–Trinajstić information content (AvgIpc) is 2.72. The number of fused-ring (bicyclic) bond motifs is 1. The fourth-order valence-electron chi connectivity index (χ4n) is 4.39. The molecule has 2 saturated carbocycles. The van der Waals surface area contributed by atoms with Crippen LogP contribution in [0, 0.1) is 23.7 Å². The Balaban J connectivity index is 1.83. The van der Waals surface area contributed by atoms with Gasteiger partial charge in [0.25, 0.3) is 0 Å². The van der Waals surface area contributed by atoms with E-state index in [1.165, 1.54) is 19.3 Å².